The van der Waals surface area contributed by atoms with Crippen LogP contribution in [0.5, 0.6) is 0 Å². The molecule has 2 aromatic rings. The third kappa shape index (κ3) is 4.07. The fourth-order valence-corrected chi connectivity index (χ4v) is 5.51. The molecule has 2 atom stereocenters. The molecule has 3 fully saturated rings. The third-order valence-corrected chi connectivity index (χ3v) is 7.01. The summed E-state index contributed by atoms with van der Waals surface area (Å²) in [4.78, 5) is 21.7. The van der Waals surface area contributed by atoms with E-state index in [1.165, 1.54) is 0 Å². The molecule has 0 radical (unpaired) electrons. The van der Waals surface area contributed by atoms with Crippen LogP contribution in [0.25, 0.3) is 0 Å². The number of carbonyl (C=O) groups excluding carboxylic acids is 1. The van der Waals surface area contributed by atoms with Gasteiger partial charge in [-0.05, 0) is 49.9 Å². The molecule has 166 valence electrons. The van der Waals surface area contributed by atoms with Crippen molar-refractivity contribution in [2.75, 3.05) is 43.1 Å². The number of anilines is 2. The van der Waals surface area contributed by atoms with E-state index in [-0.39, 0.29) is 18.0 Å². The highest BCUT2D eigenvalue weighted by atomic mass is 16.5. The van der Waals surface area contributed by atoms with Crippen LogP contribution in [-0.2, 0) is 22.2 Å². The topological polar surface area (TPSA) is 82.9 Å². The number of fused-ring (bicyclic) bond motifs is 2. The number of imidazole rings is 1. The van der Waals surface area contributed by atoms with Gasteiger partial charge in [-0.15, -0.1) is 0 Å². The van der Waals surface area contributed by atoms with Gasteiger partial charge in [0, 0.05) is 56.0 Å². The number of amides is 1. The van der Waals surface area contributed by atoms with E-state index in [2.05, 4.69) is 32.2 Å². The Morgan fingerprint density at radius 1 is 1.19 bits per heavy atom. The van der Waals surface area contributed by atoms with Gasteiger partial charge in [-0.2, -0.15) is 0 Å². The Morgan fingerprint density at radius 2 is 1.87 bits per heavy atom. The maximum atomic E-state index is 12.8. The minimum Gasteiger partial charge on any atom is -0.382 e. The van der Waals surface area contributed by atoms with E-state index in [1.807, 2.05) is 29.9 Å². The SMILES string of the molecule is Cn1ccnc1C1(O)CC2CCC(C1)N2CC(=O)Nc1ccc(N2CCOCC2)cc1. The number of hydrogen-bond acceptors (Lipinski definition) is 6. The van der Waals surface area contributed by atoms with Gasteiger partial charge in [-0.25, -0.2) is 4.98 Å². The summed E-state index contributed by atoms with van der Waals surface area (Å²) in [6.45, 7) is 3.66. The van der Waals surface area contributed by atoms with Crippen LogP contribution >= 0.6 is 0 Å². The minimum atomic E-state index is -0.910. The smallest absolute Gasteiger partial charge is 0.238 e. The number of carbonyl (C=O) groups is 1. The van der Waals surface area contributed by atoms with Gasteiger partial charge in [-0.1, -0.05) is 0 Å². The predicted octanol–water partition coefficient (Wildman–Crippen LogP) is 1.71. The van der Waals surface area contributed by atoms with Crippen molar-refractivity contribution in [2.24, 2.45) is 7.05 Å². The maximum absolute atomic E-state index is 12.8. The van der Waals surface area contributed by atoms with Crippen LogP contribution in [0.3, 0.4) is 0 Å². The van der Waals surface area contributed by atoms with Crippen LogP contribution in [0.15, 0.2) is 36.7 Å². The van der Waals surface area contributed by atoms with E-state index >= 15 is 0 Å². The fraction of sp³-hybridized carbons (Fsp3) is 0.565. The van der Waals surface area contributed by atoms with Crippen LogP contribution in [0.2, 0.25) is 0 Å². The minimum absolute atomic E-state index is 0.00143. The molecule has 3 aliphatic rings. The second-order valence-corrected chi connectivity index (χ2v) is 9.05. The van der Waals surface area contributed by atoms with Gasteiger partial charge < -0.3 is 24.6 Å². The van der Waals surface area contributed by atoms with Gasteiger partial charge in [0.2, 0.25) is 5.91 Å². The van der Waals surface area contributed by atoms with E-state index in [4.69, 9.17) is 4.74 Å². The number of piperidine rings is 1. The lowest BCUT2D eigenvalue weighted by Crippen LogP contribution is -2.52. The number of nitrogens with zero attached hydrogens (tertiary/aromatic N) is 4. The van der Waals surface area contributed by atoms with E-state index < -0.39 is 5.60 Å². The lowest BCUT2D eigenvalue weighted by molar-refractivity contribution is -0.121. The number of ether oxygens (including phenoxy) is 1. The fourth-order valence-electron chi connectivity index (χ4n) is 5.51. The molecular formula is C23H31N5O3. The summed E-state index contributed by atoms with van der Waals surface area (Å²) in [6, 6.07) is 8.45. The molecule has 2 bridgehead atoms. The molecule has 8 heteroatoms. The normalized spacial score (nSPS) is 28.6. The summed E-state index contributed by atoms with van der Waals surface area (Å²) in [7, 11) is 1.92. The van der Waals surface area contributed by atoms with E-state index in [0.29, 0.717) is 19.4 Å². The highest BCUT2D eigenvalue weighted by Gasteiger charge is 2.50. The van der Waals surface area contributed by atoms with Crippen LogP contribution < -0.4 is 10.2 Å². The Labute approximate surface area is 182 Å². The second kappa shape index (κ2) is 8.26. The highest BCUT2D eigenvalue weighted by molar-refractivity contribution is 5.92. The molecule has 5 rings (SSSR count). The largest absolute Gasteiger partial charge is 0.382 e. The number of aromatic nitrogens is 2. The summed E-state index contributed by atoms with van der Waals surface area (Å²) < 4.78 is 7.31. The number of benzene rings is 1. The van der Waals surface area contributed by atoms with Gasteiger partial charge in [0.25, 0.3) is 0 Å². The molecule has 0 aliphatic carbocycles. The summed E-state index contributed by atoms with van der Waals surface area (Å²) in [5.74, 6) is 0.729. The van der Waals surface area contributed by atoms with Crippen LogP contribution in [0.1, 0.15) is 31.5 Å². The Kier molecular flexibility index (Phi) is 5.45. The first kappa shape index (κ1) is 20.5. The first-order chi connectivity index (χ1) is 15.0. The quantitative estimate of drug-likeness (QED) is 0.759. The molecule has 0 saturated carbocycles. The van der Waals surface area contributed by atoms with Crippen molar-refractivity contribution in [3.05, 3.63) is 42.5 Å². The molecule has 2 N–H and O–H groups in total. The molecule has 2 unspecified atom stereocenters. The van der Waals surface area contributed by atoms with Crippen molar-refractivity contribution in [3.8, 4) is 0 Å². The first-order valence-corrected chi connectivity index (χ1v) is 11.2. The zero-order valence-corrected chi connectivity index (χ0v) is 18.0. The molecular weight excluding hydrogens is 394 g/mol. The number of rotatable bonds is 5. The molecule has 0 spiro atoms. The zero-order chi connectivity index (χ0) is 21.4. The number of hydrogen-bond donors (Lipinski definition) is 2. The average Bonchev–Trinajstić information content (AvgIpc) is 3.31. The zero-order valence-electron chi connectivity index (χ0n) is 18.0. The highest BCUT2D eigenvalue weighted by Crippen LogP contribution is 2.45. The first-order valence-electron chi connectivity index (χ1n) is 11.2. The van der Waals surface area contributed by atoms with Gasteiger partial charge in [0.1, 0.15) is 11.4 Å². The van der Waals surface area contributed by atoms with Crippen molar-refractivity contribution < 1.29 is 14.6 Å². The van der Waals surface area contributed by atoms with Crippen molar-refractivity contribution in [1.29, 1.82) is 0 Å². The van der Waals surface area contributed by atoms with E-state index in [0.717, 1.165) is 56.3 Å². The Morgan fingerprint density at radius 3 is 2.48 bits per heavy atom. The lowest BCUT2D eigenvalue weighted by atomic mass is 9.85. The summed E-state index contributed by atoms with van der Waals surface area (Å²) >= 11 is 0. The van der Waals surface area contributed by atoms with Crippen molar-refractivity contribution in [3.63, 3.8) is 0 Å². The van der Waals surface area contributed by atoms with Crippen molar-refractivity contribution >= 4 is 17.3 Å². The van der Waals surface area contributed by atoms with Gasteiger partial charge in [0.05, 0.1) is 19.8 Å². The maximum Gasteiger partial charge on any atom is 0.238 e. The molecule has 1 amide bonds. The van der Waals surface area contributed by atoms with Crippen LogP contribution in [0, 0.1) is 0 Å². The Bertz CT molecular complexity index is 908. The van der Waals surface area contributed by atoms with Gasteiger partial charge in [0.15, 0.2) is 0 Å². The molecule has 4 heterocycles. The van der Waals surface area contributed by atoms with Gasteiger partial charge in [-0.3, -0.25) is 9.69 Å². The predicted molar refractivity (Wildman–Crippen MR) is 118 cm³/mol. The molecule has 8 nitrogen and oxygen atoms in total. The summed E-state index contributed by atoms with van der Waals surface area (Å²) in [6.07, 6.45) is 6.88. The molecule has 3 saturated heterocycles. The van der Waals surface area contributed by atoms with Gasteiger partial charge >= 0.3 is 0 Å². The van der Waals surface area contributed by atoms with Crippen molar-refractivity contribution in [1.82, 2.24) is 14.5 Å². The van der Waals surface area contributed by atoms with Crippen LogP contribution in [0.4, 0.5) is 11.4 Å². The molecule has 31 heavy (non-hydrogen) atoms. The average molecular weight is 426 g/mol. The number of morpholine rings is 1. The number of aliphatic hydroxyl groups is 1. The van der Waals surface area contributed by atoms with E-state index in [9.17, 15) is 9.90 Å². The monoisotopic (exact) mass is 425 g/mol. The second-order valence-electron chi connectivity index (χ2n) is 9.05. The van der Waals surface area contributed by atoms with Crippen molar-refractivity contribution in [2.45, 2.75) is 43.4 Å². The van der Waals surface area contributed by atoms with E-state index in [1.54, 1.807) is 6.20 Å². The molecule has 1 aromatic heterocycles. The van der Waals surface area contributed by atoms with Crippen LogP contribution in [-0.4, -0.2) is 70.4 Å². The molecule has 1 aromatic carbocycles. The number of aryl methyl sites for hydroxylation is 1. The number of nitrogens with one attached hydrogen (secondary N) is 1. The summed E-state index contributed by atoms with van der Waals surface area (Å²) in [5, 5.41) is 14.3. The Hall–Kier alpha value is -2.42. The lowest BCUT2D eigenvalue weighted by Gasteiger charge is -2.43. The third-order valence-electron chi connectivity index (χ3n) is 7.01. The summed E-state index contributed by atoms with van der Waals surface area (Å²) in [5.41, 5.74) is 1.06. The Balaban J connectivity index is 1.19. The standard InChI is InChI=1S/C23H31N5O3/c1-26-9-8-24-22(26)23(30)14-19-6-7-20(15-23)28(19)16-21(29)25-17-2-4-18(5-3-17)27-10-12-31-13-11-27/h2-5,8-9,19-20,30H,6-7,10-16H2,1H3,(H,25,29). The molecule has 3 aliphatic heterocycles.